The van der Waals surface area contributed by atoms with E-state index >= 15 is 0 Å². The van der Waals surface area contributed by atoms with Crippen molar-refractivity contribution in [1.82, 2.24) is 10.6 Å². The van der Waals surface area contributed by atoms with Gasteiger partial charge in [0.25, 0.3) is 0 Å². The van der Waals surface area contributed by atoms with Crippen LogP contribution in [0.25, 0.3) is 0 Å². The molecule has 1 rings (SSSR count). The Bertz CT molecular complexity index is 361. The van der Waals surface area contributed by atoms with E-state index in [-0.39, 0.29) is 59.8 Å². The predicted octanol–water partition coefficient (Wildman–Crippen LogP) is 4.32. The fourth-order valence-electron chi connectivity index (χ4n) is 3.73. The molecule has 0 heterocycles. The van der Waals surface area contributed by atoms with E-state index in [0.717, 1.165) is 25.3 Å². The van der Waals surface area contributed by atoms with Crippen molar-refractivity contribution in [3.8, 4) is 0 Å². The SMILES string of the molecule is CCC(=O)N[C-]1CC(NC(=O)CC)CC(C(C)C)(C(C)C)C1.[CH3-].[CH3-].[Ti+3]. The molecule has 2 amide bonds. The molecule has 0 aromatic heterocycles. The van der Waals surface area contributed by atoms with Crippen molar-refractivity contribution >= 4 is 11.8 Å². The van der Waals surface area contributed by atoms with Crippen LogP contribution in [0.5, 0.6) is 0 Å². The van der Waals surface area contributed by atoms with E-state index in [2.05, 4.69) is 38.3 Å². The van der Waals surface area contributed by atoms with Gasteiger partial charge in [0.2, 0.25) is 5.91 Å². The predicted molar refractivity (Wildman–Crippen MR) is 103 cm³/mol. The van der Waals surface area contributed by atoms with Gasteiger partial charge in [0.15, 0.2) is 5.91 Å². The van der Waals surface area contributed by atoms with Crippen LogP contribution >= 0.6 is 0 Å². The second-order valence-corrected chi connectivity index (χ2v) is 7.25. The Morgan fingerprint density at radius 2 is 1.52 bits per heavy atom. The number of carbonyl (C=O) groups is 2. The molecule has 0 aromatic rings. The molecular weight excluding hydrogens is 348 g/mol. The van der Waals surface area contributed by atoms with Gasteiger partial charge in [-0.25, -0.2) is 6.04 Å². The maximum atomic E-state index is 11.8. The molecule has 1 aliphatic rings. The van der Waals surface area contributed by atoms with Gasteiger partial charge in [-0.3, -0.25) is 9.59 Å². The van der Waals surface area contributed by atoms with Crippen LogP contribution in [0.15, 0.2) is 0 Å². The third-order valence-corrected chi connectivity index (χ3v) is 5.28. The van der Waals surface area contributed by atoms with Crippen LogP contribution in [-0.4, -0.2) is 17.9 Å². The molecule has 1 radical (unpaired) electrons. The van der Waals surface area contributed by atoms with E-state index < -0.39 is 0 Å². The number of rotatable bonds is 6. The topological polar surface area (TPSA) is 58.2 Å². The van der Waals surface area contributed by atoms with E-state index in [9.17, 15) is 9.59 Å². The number of hydrogen-bond donors (Lipinski definition) is 2. The van der Waals surface area contributed by atoms with E-state index in [1.807, 2.05) is 13.8 Å². The summed E-state index contributed by atoms with van der Waals surface area (Å²) in [6, 6.07) is 1.21. The van der Waals surface area contributed by atoms with Gasteiger partial charge in [0.1, 0.15) is 0 Å². The minimum Gasteiger partial charge on any atom is -0.503 e. The largest absolute Gasteiger partial charge is 3.00 e. The van der Waals surface area contributed by atoms with Gasteiger partial charge in [-0.05, 0) is 23.7 Å². The maximum Gasteiger partial charge on any atom is 3.00 e. The van der Waals surface area contributed by atoms with Crippen LogP contribution in [0.1, 0.15) is 73.6 Å². The maximum absolute atomic E-state index is 11.8. The third kappa shape index (κ3) is 7.82. The first-order valence-electron chi connectivity index (χ1n) is 8.69. The normalized spacial score (nSPS) is 19.3. The molecule has 5 heteroatoms. The van der Waals surface area contributed by atoms with Crippen LogP contribution in [0.4, 0.5) is 0 Å². The average molecular weight is 387 g/mol. The van der Waals surface area contributed by atoms with Crippen molar-refractivity contribution < 1.29 is 31.3 Å². The molecule has 0 saturated heterocycles. The first-order valence-corrected chi connectivity index (χ1v) is 8.69. The smallest absolute Gasteiger partial charge is 0.503 e. The van der Waals surface area contributed by atoms with E-state index in [1.165, 1.54) is 0 Å². The molecule has 0 spiro atoms. The Morgan fingerprint density at radius 1 is 1.04 bits per heavy atom. The molecule has 1 saturated carbocycles. The van der Waals surface area contributed by atoms with Crippen LogP contribution in [-0.2, 0) is 31.3 Å². The zero-order valence-corrected chi connectivity index (χ0v) is 19.1. The van der Waals surface area contributed by atoms with Crippen molar-refractivity contribution in [3.05, 3.63) is 20.9 Å². The molecule has 0 aliphatic heterocycles. The molecule has 0 aromatic carbocycles. The third-order valence-electron chi connectivity index (χ3n) is 5.28. The van der Waals surface area contributed by atoms with Crippen LogP contribution < -0.4 is 10.6 Å². The number of amides is 2. The summed E-state index contributed by atoms with van der Waals surface area (Å²) in [5.74, 6) is 1.16. The van der Waals surface area contributed by atoms with E-state index in [0.29, 0.717) is 24.7 Å². The summed E-state index contributed by atoms with van der Waals surface area (Å²) >= 11 is 0. The molecule has 1 unspecified atom stereocenters. The molecular formula is C20H39N2O2Ti. The second-order valence-electron chi connectivity index (χ2n) is 7.25. The summed E-state index contributed by atoms with van der Waals surface area (Å²) in [7, 11) is 0. The zero-order valence-electron chi connectivity index (χ0n) is 17.6. The molecule has 0 bridgehead atoms. The van der Waals surface area contributed by atoms with Crippen molar-refractivity contribution in [1.29, 1.82) is 0 Å². The van der Waals surface area contributed by atoms with Crippen molar-refractivity contribution in [2.45, 2.75) is 79.7 Å². The molecule has 4 nitrogen and oxygen atoms in total. The van der Waals surface area contributed by atoms with Crippen molar-refractivity contribution in [2.75, 3.05) is 0 Å². The molecule has 145 valence electrons. The monoisotopic (exact) mass is 387 g/mol. The van der Waals surface area contributed by atoms with E-state index in [1.54, 1.807) is 0 Å². The van der Waals surface area contributed by atoms with Gasteiger partial charge in [0, 0.05) is 18.9 Å². The minimum atomic E-state index is 0. The van der Waals surface area contributed by atoms with Gasteiger partial charge >= 0.3 is 21.7 Å². The van der Waals surface area contributed by atoms with Crippen molar-refractivity contribution in [3.63, 3.8) is 0 Å². The van der Waals surface area contributed by atoms with Gasteiger partial charge in [0.05, 0.1) is 0 Å². The summed E-state index contributed by atoms with van der Waals surface area (Å²) in [4.78, 5) is 23.6. The quantitative estimate of drug-likeness (QED) is 0.527. The standard InChI is InChI=1S/C18H33N2O2.2CH3.Ti/c1-7-16(21)19-14-9-15(20-17(22)8-2)11-18(10-14,12(3)4)13(5)6;;;/h12-14H,7-11H2,1-6H3,(H,19,21)(H,20,22);2*1H3;/q3*-1;+3. The van der Waals surface area contributed by atoms with Crippen LogP contribution in [0, 0.1) is 38.1 Å². The molecule has 1 aliphatic carbocycles. The van der Waals surface area contributed by atoms with Crippen molar-refractivity contribution in [2.24, 2.45) is 17.3 Å². The summed E-state index contributed by atoms with van der Waals surface area (Å²) in [5, 5.41) is 6.22. The summed E-state index contributed by atoms with van der Waals surface area (Å²) in [6.45, 7) is 12.8. The number of hydrogen-bond acceptors (Lipinski definition) is 2. The Kier molecular flexibility index (Phi) is 15.2. The first-order chi connectivity index (χ1) is 10.2. The van der Waals surface area contributed by atoms with E-state index in [4.69, 9.17) is 0 Å². The van der Waals surface area contributed by atoms with Gasteiger partial charge < -0.3 is 25.5 Å². The van der Waals surface area contributed by atoms with Gasteiger partial charge in [-0.1, -0.05) is 41.5 Å². The summed E-state index contributed by atoms with van der Waals surface area (Å²) in [6.07, 6.45) is 3.67. The Hall–Kier alpha value is -0.346. The second kappa shape index (κ2) is 12.9. The first kappa shape index (κ1) is 29.4. The van der Waals surface area contributed by atoms with Crippen LogP contribution in [0.2, 0.25) is 0 Å². The number of nitrogens with one attached hydrogen (secondary N) is 2. The summed E-state index contributed by atoms with van der Waals surface area (Å²) in [5.41, 5.74) is 0.125. The molecule has 1 fully saturated rings. The molecule has 1 atom stereocenters. The summed E-state index contributed by atoms with van der Waals surface area (Å²) < 4.78 is 0. The Labute approximate surface area is 171 Å². The Morgan fingerprint density at radius 3 is 1.92 bits per heavy atom. The van der Waals surface area contributed by atoms with Gasteiger partial charge in [-0.15, -0.1) is 6.42 Å². The van der Waals surface area contributed by atoms with Crippen LogP contribution in [0.3, 0.4) is 0 Å². The average Bonchev–Trinajstić information content (AvgIpc) is 2.45. The molecule has 2 N–H and O–H groups in total. The fourth-order valence-corrected chi connectivity index (χ4v) is 3.73. The zero-order chi connectivity index (χ0) is 16.9. The number of carbonyl (C=O) groups excluding carboxylic acids is 2. The fraction of sp³-hybridized carbons (Fsp3) is 0.750. The Balaban J connectivity index is -0.00000161. The van der Waals surface area contributed by atoms with Gasteiger partial charge in [-0.2, -0.15) is 6.42 Å². The minimum absolute atomic E-state index is 0. The molecule has 25 heavy (non-hydrogen) atoms.